The van der Waals surface area contributed by atoms with Crippen molar-refractivity contribution in [3.63, 3.8) is 0 Å². The molecule has 0 aromatic carbocycles. The summed E-state index contributed by atoms with van der Waals surface area (Å²) >= 11 is 0. The highest BCUT2D eigenvalue weighted by Gasteiger charge is 2.37. The molecule has 7 nitrogen and oxygen atoms in total. The zero-order chi connectivity index (χ0) is 13.3. The standard InChI is InChI=1S/C8H7F3N4O3/c1-17-6-12-3(5-14-7(16)18-15-5)2-4(13-6)8(9,10)11/h2,6,13H,1H3,(H,14,15,16). The minimum atomic E-state index is -4.60. The van der Waals surface area contributed by atoms with E-state index in [4.69, 9.17) is 0 Å². The number of nitrogens with zero attached hydrogens (tertiary/aromatic N) is 2. The minimum absolute atomic E-state index is 0.196. The fourth-order valence-corrected chi connectivity index (χ4v) is 1.25. The summed E-state index contributed by atoms with van der Waals surface area (Å²) in [6.45, 7) is 0. The fraction of sp³-hybridized carbons (Fsp3) is 0.375. The number of methoxy groups -OCH3 is 1. The third kappa shape index (κ3) is 2.42. The van der Waals surface area contributed by atoms with Crippen LogP contribution < -0.4 is 11.1 Å². The SMILES string of the molecule is COC1N=C(c2noc(=O)[nH]2)C=C(C(F)(F)F)N1. The van der Waals surface area contributed by atoms with E-state index in [2.05, 4.69) is 24.4 Å². The van der Waals surface area contributed by atoms with Crippen LogP contribution in [0.15, 0.2) is 26.1 Å². The van der Waals surface area contributed by atoms with Gasteiger partial charge in [-0.05, 0) is 6.08 Å². The number of hydrogen-bond donors (Lipinski definition) is 2. The summed E-state index contributed by atoms with van der Waals surface area (Å²) in [6.07, 6.45) is -5.12. The Kier molecular flexibility index (Phi) is 2.95. The van der Waals surface area contributed by atoms with Crippen LogP contribution in [0.2, 0.25) is 0 Å². The molecule has 0 spiro atoms. The molecule has 0 saturated carbocycles. The highest BCUT2D eigenvalue weighted by atomic mass is 19.4. The van der Waals surface area contributed by atoms with E-state index in [0.29, 0.717) is 6.08 Å². The van der Waals surface area contributed by atoms with Gasteiger partial charge in [-0.1, -0.05) is 5.16 Å². The molecule has 2 rings (SSSR count). The topological polar surface area (TPSA) is 92.5 Å². The van der Waals surface area contributed by atoms with Crippen LogP contribution in [0.3, 0.4) is 0 Å². The Morgan fingerprint density at radius 3 is 2.72 bits per heavy atom. The molecule has 0 bridgehead atoms. The first-order valence-corrected chi connectivity index (χ1v) is 4.62. The molecule has 1 aliphatic rings. The van der Waals surface area contributed by atoms with Crippen molar-refractivity contribution in [2.75, 3.05) is 7.11 Å². The van der Waals surface area contributed by atoms with Gasteiger partial charge < -0.3 is 10.1 Å². The van der Waals surface area contributed by atoms with Gasteiger partial charge in [-0.25, -0.2) is 9.79 Å². The molecule has 0 aliphatic carbocycles. The summed E-state index contributed by atoms with van der Waals surface area (Å²) < 4.78 is 46.6. The Bertz CT molecular complexity index is 556. The molecule has 0 fully saturated rings. The predicted octanol–water partition coefficient (Wildman–Crippen LogP) is 0.131. The predicted molar refractivity (Wildman–Crippen MR) is 51.7 cm³/mol. The van der Waals surface area contributed by atoms with Gasteiger partial charge in [0.25, 0.3) is 0 Å². The van der Waals surface area contributed by atoms with Crippen molar-refractivity contribution in [3.05, 3.63) is 28.1 Å². The molecule has 18 heavy (non-hydrogen) atoms. The van der Waals surface area contributed by atoms with Crippen molar-refractivity contribution >= 4 is 5.71 Å². The Balaban J connectivity index is 2.41. The van der Waals surface area contributed by atoms with E-state index >= 15 is 0 Å². The van der Waals surface area contributed by atoms with Gasteiger partial charge in [0.2, 0.25) is 12.2 Å². The average Bonchev–Trinajstić information content (AvgIpc) is 2.74. The molecule has 1 aromatic rings. The average molecular weight is 264 g/mol. The molecule has 1 aromatic heterocycles. The number of aromatic nitrogens is 2. The van der Waals surface area contributed by atoms with E-state index in [9.17, 15) is 18.0 Å². The first-order valence-electron chi connectivity index (χ1n) is 4.62. The van der Waals surface area contributed by atoms with Crippen LogP contribution in [0.25, 0.3) is 0 Å². The van der Waals surface area contributed by atoms with E-state index in [1.807, 2.05) is 5.32 Å². The number of ether oxygens (including phenoxy) is 1. The van der Waals surface area contributed by atoms with E-state index < -0.39 is 24.0 Å². The fourth-order valence-electron chi connectivity index (χ4n) is 1.25. The van der Waals surface area contributed by atoms with Gasteiger partial charge in [-0.2, -0.15) is 13.2 Å². The maximum atomic E-state index is 12.6. The lowest BCUT2D eigenvalue weighted by molar-refractivity contribution is -0.103. The molecular formula is C8H7F3N4O3. The van der Waals surface area contributed by atoms with Crippen LogP contribution in [0.4, 0.5) is 13.2 Å². The zero-order valence-electron chi connectivity index (χ0n) is 8.91. The molecular weight excluding hydrogens is 257 g/mol. The molecule has 2 heterocycles. The summed E-state index contributed by atoms with van der Waals surface area (Å²) in [5, 5.41) is 5.28. The molecule has 0 radical (unpaired) electrons. The maximum Gasteiger partial charge on any atom is 0.439 e. The molecule has 1 aliphatic heterocycles. The zero-order valence-corrected chi connectivity index (χ0v) is 8.91. The van der Waals surface area contributed by atoms with Crippen molar-refractivity contribution < 1.29 is 22.4 Å². The van der Waals surface area contributed by atoms with Crippen LogP contribution in [-0.4, -0.2) is 35.5 Å². The second-order valence-electron chi connectivity index (χ2n) is 3.25. The molecule has 98 valence electrons. The van der Waals surface area contributed by atoms with Crippen molar-refractivity contribution in [1.82, 2.24) is 15.5 Å². The highest BCUT2D eigenvalue weighted by Crippen LogP contribution is 2.26. The van der Waals surface area contributed by atoms with Crippen LogP contribution >= 0.6 is 0 Å². The largest absolute Gasteiger partial charge is 0.439 e. The number of aliphatic imine (C=N–C) groups is 1. The van der Waals surface area contributed by atoms with Crippen molar-refractivity contribution in [1.29, 1.82) is 0 Å². The lowest BCUT2D eigenvalue weighted by Crippen LogP contribution is -2.39. The summed E-state index contributed by atoms with van der Waals surface area (Å²) in [5.74, 6) is -1.09. The second kappa shape index (κ2) is 4.29. The number of allylic oxidation sites excluding steroid dienone is 2. The molecule has 1 atom stereocenters. The summed E-state index contributed by atoms with van der Waals surface area (Å²) in [4.78, 5) is 16.6. The minimum Gasteiger partial charge on any atom is -0.343 e. The van der Waals surface area contributed by atoms with Gasteiger partial charge in [0.1, 0.15) is 11.4 Å². The van der Waals surface area contributed by atoms with Gasteiger partial charge in [-0.3, -0.25) is 9.51 Å². The van der Waals surface area contributed by atoms with E-state index in [0.717, 1.165) is 0 Å². The van der Waals surface area contributed by atoms with E-state index in [-0.39, 0.29) is 11.5 Å². The van der Waals surface area contributed by atoms with Gasteiger partial charge >= 0.3 is 11.9 Å². The Morgan fingerprint density at radius 2 is 2.22 bits per heavy atom. The van der Waals surface area contributed by atoms with Gasteiger partial charge in [-0.15, -0.1) is 0 Å². The first kappa shape index (κ1) is 12.4. The normalized spacial score (nSPS) is 20.1. The first-order chi connectivity index (χ1) is 8.40. The Hall–Kier alpha value is -2.10. The van der Waals surface area contributed by atoms with E-state index in [1.165, 1.54) is 7.11 Å². The summed E-state index contributed by atoms with van der Waals surface area (Å²) in [5.41, 5.74) is -1.25. The van der Waals surface area contributed by atoms with E-state index in [1.54, 1.807) is 0 Å². The van der Waals surface area contributed by atoms with Gasteiger partial charge in [0.05, 0.1) is 0 Å². The van der Waals surface area contributed by atoms with Crippen LogP contribution in [0.1, 0.15) is 5.82 Å². The van der Waals surface area contributed by atoms with Crippen molar-refractivity contribution in [2.24, 2.45) is 4.99 Å². The highest BCUT2D eigenvalue weighted by molar-refractivity contribution is 6.06. The number of aromatic amines is 1. The lowest BCUT2D eigenvalue weighted by atomic mass is 10.2. The van der Waals surface area contributed by atoms with Gasteiger partial charge in [0, 0.05) is 7.11 Å². The second-order valence-corrected chi connectivity index (χ2v) is 3.25. The van der Waals surface area contributed by atoms with Crippen molar-refractivity contribution in [3.8, 4) is 0 Å². The third-order valence-corrected chi connectivity index (χ3v) is 2.03. The molecule has 2 N–H and O–H groups in total. The molecule has 0 saturated heterocycles. The third-order valence-electron chi connectivity index (χ3n) is 2.03. The number of hydrogen-bond acceptors (Lipinski definition) is 6. The maximum absolute atomic E-state index is 12.6. The quantitative estimate of drug-likeness (QED) is 0.792. The number of nitrogens with one attached hydrogen (secondary N) is 2. The summed E-state index contributed by atoms with van der Waals surface area (Å²) in [6, 6.07) is 0. The number of alkyl halides is 3. The molecule has 0 amide bonds. The molecule has 10 heteroatoms. The molecule has 1 unspecified atom stereocenters. The Labute approximate surface area is 97.3 Å². The Morgan fingerprint density at radius 1 is 1.50 bits per heavy atom. The van der Waals surface area contributed by atoms with Crippen LogP contribution in [0, 0.1) is 0 Å². The lowest BCUT2D eigenvalue weighted by Gasteiger charge is -2.23. The van der Waals surface area contributed by atoms with Crippen molar-refractivity contribution in [2.45, 2.75) is 12.5 Å². The number of rotatable bonds is 2. The van der Waals surface area contributed by atoms with Crippen LogP contribution in [-0.2, 0) is 4.74 Å². The van der Waals surface area contributed by atoms with Crippen LogP contribution in [0.5, 0.6) is 0 Å². The smallest absolute Gasteiger partial charge is 0.343 e. The number of halogens is 3. The number of H-pyrrole nitrogens is 1. The summed E-state index contributed by atoms with van der Waals surface area (Å²) in [7, 11) is 1.18. The monoisotopic (exact) mass is 264 g/mol. The van der Waals surface area contributed by atoms with Gasteiger partial charge in [0.15, 0.2) is 0 Å².